The average molecular weight is 260 g/mol. The van der Waals surface area contributed by atoms with Gasteiger partial charge in [-0.15, -0.1) is 11.8 Å². The Hall–Kier alpha value is -0.750. The second kappa shape index (κ2) is 6.86. The molecule has 0 saturated carbocycles. The molecule has 1 saturated heterocycles. The summed E-state index contributed by atoms with van der Waals surface area (Å²) in [5.41, 5.74) is 5.36. The lowest BCUT2D eigenvalue weighted by molar-refractivity contribution is -0.138. The Kier molecular flexibility index (Phi) is 5.77. The van der Waals surface area contributed by atoms with Crippen molar-refractivity contribution in [3.63, 3.8) is 0 Å². The normalized spacial score (nSPS) is 22.2. The highest BCUT2D eigenvalue weighted by Crippen LogP contribution is 2.16. The third-order valence-corrected chi connectivity index (χ3v) is 3.90. The quantitative estimate of drug-likeness (QED) is 0.747. The van der Waals surface area contributed by atoms with Crippen LogP contribution in [0.5, 0.6) is 0 Å². The minimum atomic E-state index is -1.02. The van der Waals surface area contributed by atoms with Crippen LogP contribution in [0.2, 0.25) is 0 Å². The van der Waals surface area contributed by atoms with Crippen molar-refractivity contribution < 1.29 is 14.7 Å². The topological polar surface area (TPSA) is 83.6 Å². The summed E-state index contributed by atoms with van der Waals surface area (Å²) in [6.07, 6.45) is 2.24. The number of carboxylic acid groups (broad SMARTS) is 1. The molecule has 1 aliphatic rings. The molecule has 1 fully saturated rings. The molecule has 0 radical (unpaired) electrons. The van der Waals surface area contributed by atoms with E-state index >= 15 is 0 Å². The lowest BCUT2D eigenvalue weighted by atomic mass is 10.0. The van der Waals surface area contributed by atoms with Gasteiger partial charge >= 0.3 is 5.97 Å². The summed E-state index contributed by atoms with van der Waals surface area (Å²) in [7, 11) is 0. The molecule has 2 atom stereocenters. The first kappa shape index (κ1) is 14.3. The molecule has 1 amide bonds. The Labute approximate surface area is 106 Å². The van der Waals surface area contributed by atoms with Gasteiger partial charge in [0.05, 0.1) is 5.75 Å². The fraction of sp³-hybridized carbons (Fsp3) is 0.818. The number of piperidine rings is 1. The van der Waals surface area contributed by atoms with E-state index in [-0.39, 0.29) is 11.7 Å². The van der Waals surface area contributed by atoms with Crippen LogP contribution in [0.3, 0.4) is 0 Å². The lowest BCUT2D eigenvalue weighted by Gasteiger charge is -2.30. The second-order valence-electron chi connectivity index (χ2n) is 4.55. The predicted octanol–water partition coefficient (Wildman–Crippen LogP) is 0.390. The number of aliphatic carboxylic acids is 1. The zero-order valence-electron chi connectivity index (χ0n) is 10.1. The Morgan fingerprint density at radius 2 is 2.29 bits per heavy atom. The van der Waals surface area contributed by atoms with Crippen LogP contribution in [0, 0.1) is 5.92 Å². The Morgan fingerprint density at radius 1 is 1.59 bits per heavy atom. The number of carbonyl (C=O) groups is 2. The number of carbonyl (C=O) groups excluding carboxylic acids is 1. The molecule has 1 rings (SSSR count). The van der Waals surface area contributed by atoms with Crippen LogP contribution in [0.1, 0.15) is 19.8 Å². The molecule has 6 heteroatoms. The molecule has 0 spiro atoms. The number of hydrogen-bond donors (Lipinski definition) is 2. The van der Waals surface area contributed by atoms with E-state index in [1.54, 1.807) is 0 Å². The Morgan fingerprint density at radius 3 is 2.88 bits per heavy atom. The highest BCUT2D eigenvalue weighted by atomic mass is 32.2. The van der Waals surface area contributed by atoms with Crippen LogP contribution in [0.25, 0.3) is 0 Å². The zero-order chi connectivity index (χ0) is 12.8. The van der Waals surface area contributed by atoms with E-state index in [2.05, 4.69) is 6.92 Å². The first-order valence-electron chi connectivity index (χ1n) is 5.84. The molecular formula is C11H20N2O3S. The number of rotatable bonds is 5. The smallest absolute Gasteiger partial charge is 0.321 e. The monoisotopic (exact) mass is 260 g/mol. The maximum Gasteiger partial charge on any atom is 0.321 e. The first-order chi connectivity index (χ1) is 8.00. The van der Waals surface area contributed by atoms with Gasteiger partial charge in [0.2, 0.25) is 5.91 Å². The number of amides is 1. The first-order valence-corrected chi connectivity index (χ1v) is 7.00. The van der Waals surface area contributed by atoms with Gasteiger partial charge in [-0.3, -0.25) is 9.59 Å². The minimum absolute atomic E-state index is 0.0964. The van der Waals surface area contributed by atoms with Crippen molar-refractivity contribution in [3.05, 3.63) is 0 Å². The number of thioether (sulfide) groups is 1. The average Bonchev–Trinajstić information content (AvgIpc) is 2.28. The number of likely N-dealkylation sites (tertiary alicyclic amines) is 1. The van der Waals surface area contributed by atoms with Gasteiger partial charge in [-0.1, -0.05) is 6.92 Å². The molecule has 0 aromatic rings. The molecule has 1 aliphatic heterocycles. The van der Waals surface area contributed by atoms with Crippen LogP contribution in [-0.4, -0.2) is 52.5 Å². The molecular weight excluding hydrogens is 240 g/mol. The van der Waals surface area contributed by atoms with Gasteiger partial charge in [-0.2, -0.15) is 0 Å². The standard InChI is InChI=1S/C11H20N2O3S/c1-8-3-2-4-13(5-8)10(14)7-17-6-9(12)11(15)16/h8-9H,2-7,12H2,1H3,(H,15,16)/t8?,9-/m1/s1. The highest BCUT2D eigenvalue weighted by molar-refractivity contribution is 8.00. The third-order valence-electron chi connectivity index (χ3n) is 2.85. The van der Waals surface area contributed by atoms with E-state index < -0.39 is 12.0 Å². The van der Waals surface area contributed by atoms with Crippen LogP contribution < -0.4 is 5.73 Å². The molecule has 0 aromatic heterocycles. The highest BCUT2D eigenvalue weighted by Gasteiger charge is 2.21. The number of carboxylic acids is 1. The van der Waals surface area contributed by atoms with E-state index in [0.717, 1.165) is 19.5 Å². The number of nitrogens with zero attached hydrogens (tertiary/aromatic N) is 1. The van der Waals surface area contributed by atoms with E-state index in [4.69, 9.17) is 10.8 Å². The van der Waals surface area contributed by atoms with Gasteiger partial charge in [-0.25, -0.2) is 0 Å². The molecule has 5 nitrogen and oxygen atoms in total. The van der Waals surface area contributed by atoms with Crippen LogP contribution >= 0.6 is 11.8 Å². The molecule has 98 valence electrons. The van der Waals surface area contributed by atoms with Crippen molar-refractivity contribution in [2.45, 2.75) is 25.8 Å². The van der Waals surface area contributed by atoms with E-state index in [1.807, 2.05) is 4.90 Å². The van der Waals surface area contributed by atoms with Gasteiger partial charge in [0.1, 0.15) is 6.04 Å². The summed E-state index contributed by atoms with van der Waals surface area (Å²) in [5.74, 6) is 0.257. The third kappa shape index (κ3) is 4.95. The van der Waals surface area contributed by atoms with Crippen molar-refractivity contribution >= 4 is 23.6 Å². The maximum absolute atomic E-state index is 11.8. The van der Waals surface area contributed by atoms with Crippen molar-refractivity contribution in [2.75, 3.05) is 24.6 Å². The van der Waals surface area contributed by atoms with E-state index in [0.29, 0.717) is 11.7 Å². The maximum atomic E-state index is 11.8. The Bertz CT molecular complexity index is 286. The second-order valence-corrected chi connectivity index (χ2v) is 5.58. The SMILES string of the molecule is CC1CCCN(C(=O)CSC[C@@H](N)C(=O)O)C1. The van der Waals surface area contributed by atoms with Crippen LogP contribution in [0.4, 0.5) is 0 Å². The van der Waals surface area contributed by atoms with Gasteiger partial charge in [0.15, 0.2) is 0 Å². The largest absolute Gasteiger partial charge is 0.480 e. The zero-order valence-corrected chi connectivity index (χ0v) is 10.9. The fourth-order valence-corrected chi connectivity index (χ4v) is 2.72. The van der Waals surface area contributed by atoms with Crippen molar-refractivity contribution in [1.29, 1.82) is 0 Å². The number of hydrogen-bond acceptors (Lipinski definition) is 4. The van der Waals surface area contributed by atoms with Gasteiger partial charge in [0.25, 0.3) is 0 Å². The summed E-state index contributed by atoms with van der Waals surface area (Å²) in [4.78, 5) is 24.2. The van der Waals surface area contributed by atoms with Crippen molar-refractivity contribution in [3.8, 4) is 0 Å². The van der Waals surface area contributed by atoms with Gasteiger partial charge in [0, 0.05) is 18.8 Å². The van der Waals surface area contributed by atoms with E-state index in [1.165, 1.54) is 18.2 Å². The van der Waals surface area contributed by atoms with Crippen LogP contribution in [0.15, 0.2) is 0 Å². The molecule has 0 aromatic carbocycles. The molecule has 0 aliphatic carbocycles. The van der Waals surface area contributed by atoms with Crippen molar-refractivity contribution in [2.24, 2.45) is 11.7 Å². The predicted molar refractivity (Wildman–Crippen MR) is 67.9 cm³/mol. The molecule has 0 bridgehead atoms. The summed E-state index contributed by atoms with van der Waals surface area (Å²) >= 11 is 1.30. The Balaban J connectivity index is 2.22. The molecule has 3 N–H and O–H groups in total. The molecule has 17 heavy (non-hydrogen) atoms. The fourth-order valence-electron chi connectivity index (χ4n) is 1.85. The van der Waals surface area contributed by atoms with Crippen molar-refractivity contribution in [1.82, 2.24) is 4.90 Å². The summed E-state index contributed by atoms with van der Waals surface area (Å²) in [5, 5.41) is 8.60. The van der Waals surface area contributed by atoms with E-state index in [9.17, 15) is 9.59 Å². The van der Waals surface area contributed by atoms with Gasteiger partial charge in [-0.05, 0) is 18.8 Å². The molecule has 1 unspecified atom stereocenters. The number of nitrogens with two attached hydrogens (primary N) is 1. The minimum Gasteiger partial charge on any atom is -0.480 e. The summed E-state index contributed by atoms with van der Waals surface area (Å²) in [6, 6.07) is -0.881. The lowest BCUT2D eigenvalue weighted by Crippen LogP contribution is -2.40. The van der Waals surface area contributed by atoms with Gasteiger partial charge < -0.3 is 15.7 Å². The molecule has 1 heterocycles. The summed E-state index contributed by atoms with van der Waals surface area (Å²) in [6.45, 7) is 3.80. The summed E-state index contributed by atoms with van der Waals surface area (Å²) < 4.78 is 0. The van der Waals surface area contributed by atoms with Crippen LogP contribution in [-0.2, 0) is 9.59 Å².